The molecule has 0 radical (unpaired) electrons. The molecular formula is C16H13ClN2S. The zero-order valence-corrected chi connectivity index (χ0v) is 12.5. The Morgan fingerprint density at radius 2 is 1.85 bits per heavy atom. The first-order valence-electron chi connectivity index (χ1n) is 6.23. The van der Waals surface area contributed by atoms with Gasteiger partial charge < -0.3 is 5.73 Å². The number of benzene rings is 1. The Labute approximate surface area is 126 Å². The number of nitrogen functional groups attached to an aromatic ring is 1. The number of aromatic nitrogens is 1. The van der Waals surface area contributed by atoms with Crippen LogP contribution < -0.4 is 5.73 Å². The first-order chi connectivity index (χ1) is 9.66. The highest BCUT2D eigenvalue weighted by Crippen LogP contribution is 2.43. The topological polar surface area (TPSA) is 38.9 Å². The van der Waals surface area contributed by atoms with Crippen molar-refractivity contribution >= 4 is 27.9 Å². The number of rotatable bonds is 2. The van der Waals surface area contributed by atoms with E-state index in [0.717, 1.165) is 32.4 Å². The van der Waals surface area contributed by atoms with Gasteiger partial charge in [0.05, 0.1) is 10.7 Å². The molecule has 2 nitrogen and oxygen atoms in total. The quantitative estimate of drug-likeness (QED) is 0.721. The zero-order valence-electron chi connectivity index (χ0n) is 10.9. The minimum absolute atomic E-state index is 0.737. The second kappa shape index (κ2) is 5.27. The van der Waals surface area contributed by atoms with Crippen LogP contribution in [0.15, 0.2) is 48.7 Å². The summed E-state index contributed by atoms with van der Waals surface area (Å²) in [6.07, 6.45) is 1.79. The maximum atomic E-state index is 6.19. The molecule has 4 heteroatoms. The molecule has 0 bridgehead atoms. The molecule has 0 amide bonds. The van der Waals surface area contributed by atoms with Crippen molar-refractivity contribution in [3.8, 4) is 21.7 Å². The van der Waals surface area contributed by atoms with Gasteiger partial charge >= 0.3 is 0 Å². The largest absolute Gasteiger partial charge is 0.390 e. The smallest absolute Gasteiger partial charge is 0.0961 e. The minimum atomic E-state index is 0.737. The van der Waals surface area contributed by atoms with E-state index in [0.29, 0.717) is 0 Å². The summed E-state index contributed by atoms with van der Waals surface area (Å²) in [5.41, 5.74) is 10.4. The van der Waals surface area contributed by atoms with Gasteiger partial charge in [-0.15, -0.1) is 11.3 Å². The molecule has 2 N–H and O–H groups in total. The molecule has 0 saturated carbocycles. The molecule has 3 rings (SSSR count). The predicted molar refractivity (Wildman–Crippen MR) is 87.1 cm³/mol. The van der Waals surface area contributed by atoms with Gasteiger partial charge in [0.1, 0.15) is 0 Å². The van der Waals surface area contributed by atoms with Gasteiger partial charge in [-0.3, -0.25) is 4.98 Å². The first kappa shape index (κ1) is 13.2. The Morgan fingerprint density at radius 3 is 2.50 bits per heavy atom. The number of nitrogens with two attached hydrogens (primary N) is 1. The first-order valence-corrected chi connectivity index (χ1v) is 7.42. The second-order valence-corrected chi connectivity index (χ2v) is 6.01. The molecule has 2 aromatic heterocycles. The van der Waals surface area contributed by atoms with Gasteiger partial charge in [-0.1, -0.05) is 29.8 Å². The van der Waals surface area contributed by atoms with Crippen LogP contribution in [0.25, 0.3) is 21.7 Å². The summed E-state index contributed by atoms with van der Waals surface area (Å²) in [5.74, 6) is 0. The Bertz CT molecular complexity index is 733. The van der Waals surface area contributed by atoms with Crippen molar-refractivity contribution in [1.29, 1.82) is 0 Å². The lowest BCUT2D eigenvalue weighted by Gasteiger charge is -2.03. The maximum Gasteiger partial charge on any atom is 0.0961 e. The van der Waals surface area contributed by atoms with E-state index >= 15 is 0 Å². The van der Waals surface area contributed by atoms with Crippen LogP contribution in [0, 0.1) is 6.92 Å². The lowest BCUT2D eigenvalue weighted by atomic mass is 10.0. The highest BCUT2D eigenvalue weighted by Gasteiger charge is 2.16. The minimum Gasteiger partial charge on any atom is -0.390 e. The zero-order chi connectivity index (χ0) is 14.1. The average molecular weight is 301 g/mol. The molecule has 3 aromatic rings. The summed E-state index contributed by atoms with van der Waals surface area (Å²) in [7, 11) is 0. The van der Waals surface area contributed by atoms with Gasteiger partial charge in [0.25, 0.3) is 0 Å². The molecule has 0 fully saturated rings. The van der Waals surface area contributed by atoms with Crippen molar-refractivity contribution in [3.05, 3.63) is 59.2 Å². The number of pyridine rings is 1. The van der Waals surface area contributed by atoms with Gasteiger partial charge in [-0.2, -0.15) is 0 Å². The maximum absolute atomic E-state index is 6.19. The summed E-state index contributed by atoms with van der Waals surface area (Å²) >= 11 is 7.53. The fourth-order valence-electron chi connectivity index (χ4n) is 2.24. The average Bonchev–Trinajstić information content (AvgIpc) is 2.76. The lowest BCUT2D eigenvalue weighted by molar-refractivity contribution is 1.32. The van der Waals surface area contributed by atoms with Gasteiger partial charge in [0.2, 0.25) is 0 Å². The number of hydrogen-bond donors (Lipinski definition) is 1. The van der Waals surface area contributed by atoms with Gasteiger partial charge in [-0.25, -0.2) is 0 Å². The van der Waals surface area contributed by atoms with Gasteiger partial charge in [0, 0.05) is 21.7 Å². The summed E-state index contributed by atoms with van der Waals surface area (Å²) in [5, 5.41) is 1.53. The van der Waals surface area contributed by atoms with Crippen molar-refractivity contribution in [1.82, 2.24) is 4.98 Å². The van der Waals surface area contributed by atoms with Crippen LogP contribution in [0.4, 0.5) is 5.00 Å². The number of anilines is 1. The van der Waals surface area contributed by atoms with Crippen LogP contribution in [-0.4, -0.2) is 4.98 Å². The summed E-state index contributed by atoms with van der Waals surface area (Å²) < 4.78 is 0. The van der Waals surface area contributed by atoms with Gasteiger partial charge in [0.15, 0.2) is 0 Å². The third-order valence-electron chi connectivity index (χ3n) is 3.20. The van der Waals surface area contributed by atoms with E-state index in [1.54, 1.807) is 17.5 Å². The Hall–Kier alpha value is -1.84. The summed E-state index contributed by atoms with van der Waals surface area (Å²) in [4.78, 5) is 5.56. The van der Waals surface area contributed by atoms with Crippen LogP contribution in [-0.2, 0) is 0 Å². The lowest BCUT2D eigenvalue weighted by Crippen LogP contribution is -1.88. The molecular weight excluding hydrogens is 288 g/mol. The van der Waals surface area contributed by atoms with Crippen molar-refractivity contribution < 1.29 is 0 Å². The van der Waals surface area contributed by atoms with E-state index in [2.05, 4.69) is 11.9 Å². The van der Waals surface area contributed by atoms with E-state index in [1.165, 1.54) is 4.88 Å². The third-order valence-corrected chi connectivity index (χ3v) is 4.62. The molecule has 2 heterocycles. The van der Waals surface area contributed by atoms with E-state index < -0.39 is 0 Å². The van der Waals surface area contributed by atoms with Crippen molar-refractivity contribution in [2.45, 2.75) is 6.92 Å². The molecule has 100 valence electrons. The molecule has 20 heavy (non-hydrogen) atoms. The number of nitrogens with zero attached hydrogens (tertiary/aromatic N) is 1. The van der Waals surface area contributed by atoms with E-state index in [9.17, 15) is 0 Å². The Balaban J connectivity index is 2.14. The van der Waals surface area contributed by atoms with Crippen LogP contribution in [0.5, 0.6) is 0 Å². The molecule has 0 saturated heterocycles. The van der Waals surface area contributed by atoms with E-state index in [4.69, 9.17) is 17.3 Å². The summed E-state index contributed by atoms with van der Waals surface area (Å²) in [6, 6.07) is 13.7. The molecule has 0 aliphatic heterocycles. The molecule has 0 unspecified atom stereocenters. The van der Waals surface area contributed by atoms with Crippen molar-refractivity contribution in [2.24, 2.45) is 0 Å². The molecule has 0 spiro atoms. The van der Waals surface area contributed by atoms with Crippen LogP contribution in [0.2, 0.25) is 5.02 Å². The Morgan fingerprint density at radius 1 is 1.10 bits per heavy atom. The second-order valence-electron chi connectivity index (χ2n) is 4.52. The normalized spacial score (nSPS) is 10.7. The van der Waals surface area contributed by atoms with E-state index in [1.807, 2.05) is 42.5 Å². The SMILES string of the molecule is Cc1c(-c2ccc(Cl)cc2)sc(N)c1-c1ccccn1. The fraction of sp³-hybridized carbons (Fsp3) is 0.0625. The van der Waals surface area contributed by atoms with Crippen molar-refractivity contribution in [2.75, 3.05) is 5.73 Å². The highest BCUT2D eigenvalue weighted by atomic mass is 35.5. The Kier molecular flexibility index (Phi) is 3.47. The van der Waals surface area contributed by atoms with Crippen LogP contribution in [0.3, 0.4) is 0 Å². The number of halogens is 1. The van der Waals surface area contributed by atoms with Gasteiger partial charge in [-0.05, 0) is 42.3 Å². The molecule has 0 atom stereocenters. The van der Waals surface area contributed by atoms with Crippen molar-refractivity contribution in [3.63, 3.8) is 0 Å². The molecule has 0 aliphatic carbocycles. The van der Waals surface area contributed by atoms with Crippen LogP contribution >= 0.6 is 22.9 Å². The molecule has 1 aromatic carbocycles. The van der Waals surface area contributed by atoms with Crippen LogP contribution in [0.1, 0.15) is 5.56 Å². The third kappa shape index (κ3) is 2.30. The van der Waals surface area contributed by atoms with E-state index in [-0.39, 0.29) is 0 Å². The fourth-order valence-corrected chi connectivity index (χ4v) is 3.46. The standard InChI is InChI=1S/C16H13ClN2S/c1-10-14(13-4-2-3-9-19-13)16(18)20-15(10)11-5-7-12(17)8-6-11/h2-9H,18H2,1H3. The predicted octanol–water partition coefficient (Wildman–Crippen LogP) is 5.02. The highest BCUT2D eigenvalue weighted by molar-refractivity contribution is 7.20. The number of hydrogen-bond acceptors (Lipinski definition) is 3. The number of thiophene rings is 1. The monoisotopic (exact) mass is 300 g/mol. The summed E-state index contributed by atoms with van der Waals surface area (Å²) in [6.45, 7) is 2.08. The molecule has 0 aliphatic rings.